The minimum atomic E-state index is 0.478. The minimum Gasteiger partial charge on any atom is -0.335 e. The van der Waals surface area contributed by atoms with Crippen molar-refractivity contribution >= 4 is 0 Å². The van der Waals surface area contributed by atoms with Crippen LogP contribution in [0.2, 0.25) is 0 Å². The second-order valence-corrected chi connectivity index (χ2v) is 3.31. The quantitative estimate of drug-likeness (QED) is 0.385. The van der Waals surface area contributed by atoms with E-state index in [9.17, 15) is 0 Å². The Morgan fingerprint density at radius 3 is 3.54 bits per heavy atom. The zero-order valence-corrected chi connectivity index (χ0v) is 7.30. The Morgan fingerprint density at radius 2 is 2.69 bits per heavy atom. The lowest BCUT2D eigenvalue weighted by molar-refractivity contribution is 0.389. The van der Waals surface area contributed by atoms with Gasteiger partial charge in [0, 0.05) is 36.8 Å². The fourth-order valence-electron chi connectivity index (χ4n) is 1.72. The maximum absolute atomic E-state index is 8.19. The molecule has 1 aromatic heterocycles. The highest BCUT2D eigenvalue weighted by atomic mass is 15.1. The standard InChI is InChI=1S/C8H11N5/c9-12-11-6-7-1-3-13-4-2-10-8(13)5-7/h2,4,7H,1,3,5-6H2. The van der Waals surface area contributed by atoms with E-state index in [-0.39, 0.29) is 0 Å². The molecule has 0 aliphatic carbocycles. The number of hydrogen-bond acceptors (Lipinski definition) is 2. The molecule has 0 saturated carbocycles. The van der Waals surface area contributed by atoms with Crippen LogP contribution in [-0.4, -0.2) is 16.1 Å². The molecule has 2 heterocycles. The number of imidazole rings is 1. The molecule has 0 amide bonds. The normalized spacial score (nSPS) is 20.5. The van der Waals surface area contributed by atoms with Gasteiger partial charge in [0.25, 0.3) is 0 Å². The van der Waals surface area contributed by atoms with Gasteiger partial charge in [-0.2, -0.15) is 0 Å². The third kappa shape index (κ3) is 1.65. The molecule has 13 heavy (non-hydrogen) atoms. The summed E-state index contributed by atoms with van der Waals surface area (Å²) >= 11 is 0. The molecule has 0 fully saturated rings. The summed E-state index contributed by atoms with van der Waals surface area (Å²) in [5.41, 5.74) is 8.19. The van der Waals surface area contributed by atoms with Gasteiger partial charge in [0.1, 0.15) is 5.82 Å². The molecule has 2 rings (SSSR count). The van der Waals surface area contributed by atoms with Crippen molar-refractivity contribution in [3.05, 3.63) is 28.7 Å². The van der Waals surface area contributed by atoms with E-state index >= 15 is 0 Å². The molecule has 0 bridgehead atoms. The highest BCUT2D eigenvalue weighted by Gasteiger charge is 2.17. The topological polar surface area (TPSA) is 66.6 Å². The molecule has 5 nitrogen and oxygen atoms in total. The maximum Gasteiger partial charge on any atom is 0.108 e. The Hall–Kier alpha value is -1.48. The first kappa shape index (κ1) is 8.13. The smallest absolute Gasteiger partial charge is 0.108 e. The molecule has 1 aromatic rings. The van der Waals surface area contributed by atoms with Crippen LogP contribution < -0.4 is 0 Å². The number of hydrogen-bond donors (Lipinski definition) is 0. The SMILES string of the molecule is [N-]=[N+]=NCC1CCn2ccnc2C1. The van der Waals surface area contributed by atoms with Crippen molar-refractivity contribution in [3.8, 4) is 0 Å². The number of rotatable bonds is 2. The lowest BCUT2D eigenvalue weighted by Gasteiger charge is -2.21. The van der Waals surface area contributed by atoms with E-state index in [1.165, 1.54) is 0 Å². The third-order valence-electron chi connectivity index (χ3n) is 2.45. The first-order valence-electron chi connectivity index (χ1n) is 4.41. The van der Waals surface area contributed by atoms with Crippen LogP contribution in [-0.2, 0) is 13.0 Å². The van der Waals surface area contributed by atoms with Crippen LogP contribution in [0, 0.1) is 5.92 Å². The molecule has 0 N–H and O–H groups in total. The zero-order chi connectivity index (χ0) is 9.10. The number of nitrogens with zero attached hydrogens (tertiary/aromatic N) is 5. The molecule has 68 valence electrons. The number of aryl methyl sites for hydroxylation is 1. The lowest BCUT2D eigenvalue weighted by Crippen LogP contribution is -2.20. The second-order valence-electron chi connectivity index (χ2n) is 3.31. The van der Waals surface area contributed by atoms with Gasteiger partial charge in [0.2, 0.25) is 0 Å². The average molecular weight is 177 g/mol. The first-order chi connectivity index (χ1) is 6.40. The first-order valence-corrected chi connectivity index (χ1v) is 4.41. The molecular formula is C8H11N5. The number of azide groups is 1. The van der Waals surface area contributed by atoms with Gasteiger partial charge in [0.05, 0.1) is 0 Å². The van der Waals surface area contributed by atoms with Gasteiger partial charge in [-0.15, -0.1) is 0 Å². The highest BCUT2D eigenvalue weighted by molar-refractivity contribution is 4.97. The molecule has 5 heteroatoms. The summed E-state index contributed by atoms with van der Waals surface area (Å²) in [6.45, 7) is 1.60. The molecule has 0 radical (unpaired) electrons. The van der Waals surface area contributed by atoms with Crippen LogP contribution in [0.4, 0.5) is 0 Å². The summed E-state index contributed by atoms with van der Waals surface area (Å²) < 4.78 is 2.16. The van der Waals surface area contributed by atoms with Gasteiger partial charge in [-0.1, -0.05) is 5.11 Å². The highest BCUT2D eigenvalue weighted by Crippen LogP contribution is 2.18. The lowest BCUT2D eigenvalue weighted by atomic mass is 9.98. The zero-order valence-electron chi connectivity index (χ0n) is 7.30. The summed E-state index contributed by atoms with van der Waals surface area (Å²) in [5, 5.41) is 3.60. The Balaban J connectivity index is 2.04. The van der Waals surface area contributed by atoms with Crippen LogP contribution in [0.5, 0.6) is 0 Å². The number of aromatic nitrogens is 2. The Morgan fingerprint density at radius 1 is 1.77 bits per heavy atom. The van der Waals surface area contributed by atoms with E-state index in [1.54, 1.807) is 0 Å². The molecule has 0 aromatic carbocycles. The summed E-state index contributed by atoms with van der Waals surface area (Å²) in [6, 6.07) is 0. The van der Waals surface area contributed by atoms with Crippen LogP contribution in [0.25, 0.3) is 10.4 Å². The largest absolute Gasteiger partial charge is 0.335 e. The molecular weight excluding hydrogens is 166 g/mol. The Kier molecular flexibility index (Phi) is 2.19. The van der Waals surface area contributed by atoms with E-state index in [0.717, 1.165) is 25.2 Å². The van der Waals surface area contributed by atoms with E-state index in [0.29, 0.717) is 12.5 Å². The van der Waals surface area contributed by atoms with Crippen molar-refractivity contribution in [1.29, 1.82) is 0 Å². The fourth-order valence-corrected chi connectivity index (χ4v) is 1.72. The molecule has 1 unspecified atom stereocenters. The van der Waals surface area contributed by atoms with E-state index in [2.05, 4.69) is 19.6 Å². The predicted molar refractivity (Wildman–Crippen MR) is 48.1 cm³/mol. The Labute approximate surface area is 76.0 Å². The fraction of sp³-hybridized carbons (Fsp3) is 0.625. The predicted octanol–water partition coefficient (Wildman–Crippen LogP) is 1.76. The van der Waals surface area contributed by atoms with Crippen molar-refractivity contribution in [2.75, 3.05) is 6.54 Å². The number of fused-ring (bicyclic) bond motifs is 1. The summed E-state index contributed by atoms with van der Waals surface area (Å²) in [4.78, 5) is 7.01. The molecule has 0 spiro atoms. The monoisotopic (exact) mass is 177 g/mol. The second kappa shape index (κ2) is 3.49. The third-order valence-corrected chi connectivity index (χ3v) is 2.45. The van der Waals surface area contributed by atoms with Crippen molar-refractivity contribution < 1.29 is 0 Å². The molecule has 1 aliphatic heterocycles. The summed E-state index contributed by atoms with van der Waals surface area (Å²) in [5.74, 6) is 1.59. The van der Waals surface area contributed by atoms with Gasteiger partial charge in [-0.3, -0.25) is 0 Å². The van der Waals surface area contributed by atoms with E-state index in [4.69, 9.17) is 5.53 Å². The molecule has 1 aliphatic rings. The van der Waals surface area contributed by atoms with Gasteiger partial charge in [-0.25, -0.2) is 4.98 Å². The van der Waals surface area contributed by atoms with E-state index in [1.807, 2.05) is 12.4 Å². The van der Waals surface area contributed by atoms with Crippen LogP contribution in [0.1, 0.15) is 12.2 Å². The maximum atomic E-state index is 8.19. The van der Waals surface area contributed by atoms with Crippen molar-refractivity contribution in [1.82, 2.24) is 9.55 Å². The molecule has 0 saturated heterocycles. The Bertz CT molecular complexity index is 336. The van der Waals surface area contributed by atoms with Gasteiger partial charge in [0.15, 0.2) is 0 Å². The minimum absolute atomic E-state index is 0.478. The summed E-state index contributed by atoms with van der Waals surface area (Å²) in [7, 11) is 0. The van der Waals surface area contributed by atoms with Crippen molar-refractivity contribution in [2.24, 2.45) is 11.0 Å². The van der Waals surface area contributed by atoms with Crippen LogP contribution >= 0.6 is 0 Å². The van der Waals surface area contributed by atoms with E-state index < -0.39 is 0 Å². The average Bonchev–Trinajstić information content (AvgIpc) is 2.61. The van der Waals surface area contributed by atoms with Crippen molar-refractivity contribution in [2.45, 2.75) is 19.4 Å². The van der Waals surface area contributed by atoms with Crippen LogP contribution in [0.3, 0.4) is 0 Å². The summed E-state index contributed by atoms with van der Waals surface area (Å²) in [6.07, 6.45) is 5.85. The van der Waals surface area contributed by atoms with Gasteiger partial charge in [-0.05, 0) is 17.9 Å². The molecule has 1 atom stereocenters. The van der Waals surface area contributed by atoms with Gasteiger partial charge < -0.3 is 4.57 Å². The van der Waals surface area contributed by atoms with Crippen molar-refractivity contribution in [3.63, 3.8) is 0 Å². The van der Waals surface area contributed by atoms with Crippen LogP contribution in [0.15, 0.2) is 17.5 Å². The van der Waals surface area contributed by atoms with Gasteiger partial charge >= 0.3 is 0 Å².